The third-order valence-electron chi connectivity index (χ3n) is 4.60. The highest BCUT2D eigenvalue weighted by Gasteiger charge is 2.68. The van der Waals surface area contributed by atoms with Gasteiger partial charge in [-0.25, -0.2) is 0 Å². The quantitative estimate of drug-likeness (QED) is 0.754. The van der Waals surface area contributed by atoms with E-state index in [9.17, 15) is 4.79 Å². The molecule has 1 aliphatic carbocycles. The zero-order valence-corrected chi connectivity index (χ0v) is 11.1. The van der Waals surface area contributed by atoms with E-state index in [-0.39, 0.29) is 35.3 Å². The van der Waals surface area contributed by atoms with Crippen LogP contribution in [0.5, 0.6) is 0 Å². The van der Waals surface area contributed by atoms with Gasteiger partial charge >= 0.3 is 0 Å². The highest BCUT2D eigenvalue weighted by Crippen LogP contribution is 2.68. The molecular formula is C13H25NO2. The van der Waals surface area contributed by atoms with Gasteiger partial charge < -0.3 is 10.4 Å². The SMILES string of the molecule is CCC(CCO)NC(=O)C1C(C)(C)C1(C)C. The molecule has 0 aromatic carbocycles. The van der Waals surface area contributed by atoms with Crippen LogP contribution >= 0.6 is 0 Å². The van der Waals surface area contributed by atoms with Crippen LogP contribution in [-0.4, -0.2) is 23.7 Å². The maximum absolute atomic E-state index is 12.1. The van der Waals surface area contributed by atoms with Gasteiger partial charge in [0.05, 0.1) is 0 Å². The number of aliphatic hydroxyl groups excluding tert-OH is 1. The summed E-state index contributed by atoms with van der Waals surface area (Å²) in [6.45, 7) is 10.7. The number of hydrogen-bond acceptors (Lipinski definition) is 2. The first-order chi connectivity index (χ1) is 7.29. The largest absolute Gasteiger partial charge is 0.396 e. The summed E-state index contributed by atoms with van der Waals surface area (Å²) in [6.07, 6.45) is 1.52. The van der Waals surface area contributed by atoms with Crippen molar-refractivity contribution in [3.8, 4) is 0 Å². The zero-order chi connectivity index (χ0) is 12.6. The predicted molar refractivity (Wildman–Crippen MR) is 65.0 cm³/mol. The first kappa shape index (κ1) is 13.5. The molecule has 0 aromatic rings. The van der Waals surface area contributed by atoms with E-state index in [1.54, 1.807) is 0 Å². The number of hydrogen-bond donors (Lipinski definition) is 2. The lowest BCUT2D eigenvalue weighted by Gasteiger charge is -2.16. The average molecular weight is 227 g/mol. The Hall–Kier alpha value is -0.570. The van der Waals surface area contributed by atoms with Crippen LogP contribution in [0.1, 0.15) is 47.5 Å². The molecule has 1 saturated carbocycles. The molecule has 1 atom stereocenters. The Morgan fingerprint density at radius 3 is 2.12 bits per heavy atom. The Morgan fingerprint density at radius 2 is 1.81 bits per heavy atom. The van der Waals surface area contributed by atoms with Gasteiger partial charge in [0.1, 0.15) is 0 Å². The molecule has 0 heterocycles. The molecule has 1 fully saturated rings. The van der Waals surface area contributed by atoms with Crippen LogP contribution in [0.25, 0.3) is 0 Å². The predicted octanol–water partition coefficient (Wildman–Crippen LogP) is 1.95. The Balaban J connectivity index is 2.55. The zero-order valence-electron chi connectivity index (χ0n) is 11.1. The van der Waals surface area contributed by atoms with Crippen molar-refractivity contribution in [1.29, 1.82) is 0 Å². The lowest BCUT2D eigenvalue weighted by Crippen LogP contribution is -2.37. The van der Waals surface area contributed by atoms with E-state index in [1.807, 2.05) is 6.92 Å². The van der Waals surface area contributed by atoms with E-state index in [0.29, 0.717) is 6.42 Å². The van der Waals surface area contributed by atoms with Gasteiger partial charge in [0, 0.05) is 18.6 Å². The highest BCUT2D eigenvalue weighted by atomic mass is 16.3. The summed E-state index contributed by atoms with van der Waals surface area (Å²) >= 11 is 0. The fourth-order valence-electron chi connectivity index (χ4n) is 2.67. The van der Waals surface area contributed by atoms with Crippen molar-refractivity contribution in [3.05, 3.63) is 0 Å². The lowest BCUT2D eigenvalue weighted by atomic mass is 10.0. The van der Waals surface area contributed by atoms with Crippen molar-refractivity contribution in [1.82, 2.24) is 5.32 Å². The monoisotopic (exact) mass is 227 g/mol. The molecule has 0 bridgehead atoms. The smallest absolute Gasteiger partial charge is 0.224 e. The van der Waals surface area contributed by atoms with E-state index in [4.69, 9.17) is 5.11 Å². The normalized spacial score (nSPS) is 23.9. The molecule has 16 heavy (non-hydrogen) atoms. The van der Waals surface area contributed by atoms with Crippen LogP contribution in [0.3, 0.4) is 0 Å². The van der Waals surface area contributed by atoms with E-state index in [0.717, 1.165) is 6.42 Å². The van der Waals surface area contributed by atoms with Crippen LogP contribution < -0.4 is 5.32 Å². The first-order valence-corrected chi connectivity index (χ1v) is 6.20. The standard InChI is InChI=1S/C13H25NO2/c1-6-9(7-8-15)14-11(16)10-12(2,3)13(10,4)5/h9-10,15H,6-8H2,1-5H3,(H,14,16). The van der Waals surface area contributed by atoms with Crippen LogP contribution in [0, 0.1) is 16.7 Å². The Kier molecular flexibility index (Phi) is 3.68. The summed E-state index contributed by atoms with van der Waals surface area (Å²) in [5, 5.41) is 11.9. The second kappa shape index (κ2) is 4.36. The van der Waals surface area contributed by atoms with Crippen molar-refractivity contribution in [2.45, 2.75) is 53.5 Å². The summed E-state index contributed by atoms with van der Waals surface area (Å²) in [6, 6.07) is 0.115. The van der Waals surface area contributed by atoms with Gasteiger partial charge in [-0.2, -0.15) is 0 Å². The number of amides is 1. The van der Waals surface area contributed by atoms with Crippen molar-refractivity contribution in [2.75, 3.05) is 6.61 Å². The molecule has 0 radical (unpaired) electrons. The molecule has 0 saturated heterocycles. The molecule has 1 aliphatic rings. The van der Waals surface area contributed by atoms with Gasteiger partial charge in [-0.15, -0.1) is 0 Å². The molecular weight excluding hydrogens is 202 g/mol. The van der Waals surface area contributed by atoms with Crippen LogP contribution in [0.4, 0.5) is 0 Å². The van der Waals surface area contributed by atoms with Gasteiger partial charge in [0.2, 0.25) is 5.91 Å². The van der Waals surface area contributed by atoms with Crippen molar-refractivity contribution < 1.29 is 9.90 Å². The molecule has 0 aliphatic heterocycles. The van der Waals surface area contributed by atoms with Crippen molar-refractivity contribution in [2.24, 2.45) is 16.7 Å². The minimum absolute atomic E-state index is 0.0919. The molecule has 1 unspecified atom stereocenters. The molecule has 3 nitrogen and oxygen atoms in total. The van der Waals surface area contributed by atoms with Gasteiger partial charge in [-0.05, 0) is 23.7 Å². The lowest BCUT2D eigenvalue weighted by molar-refractivity contribution is -0.124. The summed E-state index contributed by atoms with van der Waals surface area (Å²) in [4.78, 5) is 12.1. The third kappa shape index (κ3) is 2.10. The Labute approximate surface area is 98.6 Å². The van der Waals surface area contributed by atoms with E-state index >= 15 is 0 Å². The van der Waals surface area contributed by atoms with Gasteiger partial charge in [-0.1, -0.05) is 34.6 Å². The summed E-state index contributed by atoms with van der Waals surface area (Å²) < 4.78 is 0. The number of nitrogens with one attached hydrogen (secondary N) is 1. The number of aliphatic hydroxyl groups is 1. The first-order valence-electron chi connectivity index (χ1n) is 6.20. The van der Waals surface area contributed by atoms with Crippen LogP contribution in [0.15, 0.2) is 0 Å². The minimum atomic E-state index is 0.0919. The van der Waals surface area contributed by atoms with Crippen LogP contribution in [0.2, 0.25) is 0 Å². The Morgan fingerprint density at radius 1 is 1.31 bits per heavy atom. The Bertz CT molecular complexity index is 257. The summed E-state index contributed by atoms with van der Waals surface area (Å²) in [7, 11) is 0. The van der Waals surface area contributed by atoms with E-state index < -0.39 is 0 Å². The van der Waals surface area contributed by atoms with Gasteiger partial charge in [-0.3, -0.25) is 4.79 Å². The second-order valence-electron chi connectivity index (χ2n) is 6.00. The number of carbonyl (C=O) groups is 1. The number of carbonyl (C=O) groups excluding carboxylic acids is 1. The average Bonchev–Trinajstić information content (AvgIpc) is 2.56. The van der Waals surface area contributed by atoms with Gasteiger partial charge in [0.25, 0.3) is 0 Å². The van der Waals surface area contributed by atoms with Gasteiger partial charge in [0.15, 0.2) is 0 Å². The highest BCUT2D eigenvalue weighted by molar-refractivity contribution is 5.84. The molecule has 2 N–H and O–H groups in total. The van der Waals surface area contributed by atoms with E-state index in [1.165, 1.54) is 0 Å². The van der Waals surface area contributed by atoms with Crippen molar-refractivity contribution in [3.63, 3.8) is 0 Å². The molecule has 1 rings (SSSR count). The fraction of sp³-hybridized carbons (Fsp3) is 0.923. The van der Waals surface area contributed by atoms with Crippen molar-refractivity contribution >= 4 is 5.91 Å². The maximum Gasteiger partial charge on any atom is 0.224 e. The van der Waals surface area contributed by atoms with E-state index in [2.05, 4.69) is 33.0 Å². The molecule has 0 spiro atoms. The minimum Gasteiger partial charge on any atom is -0.396 e. The third-order valence-corrected chi connectivity index (χ3v) is 4.60. The molecule has 3 heteroatoms. The number of rotatable bonds is 5. The maximum atomic E-state index is 12.1. The fourth-order valence-corrected chi connectivity index (χ4v) is 2.67. The molecule has 94 valence electrons. The van der Waals surface area contributed by atoms with Crippen LogP contribution in [-0.2, 0) is 4.79 Å². The second-order valence-corrected chi connectivity index (χ2v) is 6.00. The molecule has 0 aromatic heterocycles. The summed E-state index contributed by atoms with van der Waals surface area (Å²) in [5.41, 5.74) is 0.184. The topological polar surface area (TPSA) is 49.3 Å². The molecule has 1 amide bonds. The summed E-state index contributed by atoms with van der Waals surface area (Å²) in [5.74, 6) is 0.253.